The molecule has 19 heavy (non-hydrogen) atoms. The fraction of sp³-hybridized carbons (Fsp3) is 0.538. The number of alkyl halides is 3. The highest BCUT2D eigenvalue weighted by Gasteiger charge is 2.30. The number of nitrogens with zero attached hydrogens (tertiary/aromatic N) is 1. The maximum atomic E-state index is 12.4. The van der Waals surface area contributed by atoms with Gasteiger partial charge in [-0.3, -0.25) is 0 Å². The van der Waals surface area contributed by atoms with E-state index < -0.39 is 18.8 Å². The molecule has 1 rings (SSSR count). The second-order valence-corrected chi connectivity index (χ2v) is 4.28. The first-order valence-corrected chi connectivity index (χ1v) is 6.08. The minimum absolute atomic E-state index is 0.0881. The Morgan fingerprint density at radius 1 is 1.21 bits per heavy atom. The highest BCUT2D eigenvalue weighted by molar-refractivity contribution is 5.48. The van der Waals surface area contributed by atoms with E-state index in [9.17, 15) is 18.3 Å². The average Bonchev–Trinajstić information content (AvgIpc) is 2.36. The quantitative estimate of drug-likeness (QED) is 0.839. The predicted molar refractivity (Wildman–Crippen MR) is 67.0 cm³/mol. The zero-order valence-electron chi connectivity index (χ0n) is 10.7. The van der Waals surface area contributed by atoms with Gasteiger partial charge in [0.05, 0.1) is 12.7 Å². The Hall–Kier alpha value is -1.27. The second kappa shape index (κ2) is 6.77. The van der Waals surface area contributed by atoms with Crippen molar-refractivity contribution in [2.75, 3.05) is 24.6 Å². The number of aliphatic hydroxyl groups excluding tert-OH is 2. The van der Waals surface area contributed by atoms with Crippen LogP contribution in [-0.4, -0.2) is 36.1 Å². The number of aliphatic hydroxyl groups is 2. The molecular formula is C13H18F3NO2. The molecule has 3 nitrogen and oxygen atoms in total. The van der Waals surface area contributed by atoms with E-state index in [4.69, 9.17) is 5.11 Å². The van der Waals surface area contributed by atoms with Crippen molar-refractivity contribution in [1.82, 2.24) is 0 Å². The molecule has 0 amide bonds. The Kier molecular flexibility index (Phi) is 5.62. The normalized spacial score (nSPS) is 13.4. The van der Waals surface area contributed by atoms with E-state index in [-0.39, 0.29) is 13.2 Å². The third-order valence-corrected chi connectivity index (χ3v) is 2.77. The van der Waals surface area contributed by atoms with E-state index in [1.165, 1.54) is 12.1 Å². The summed E-state index contributed by atoms with van der Waals surface area (Å²) in [6.07, 6.45) is -4.39. The van der Waals surface area contributed by atoms with Gasteiger partial charge in [0.15, 0.2) is 0 Å². The maximum Gasteiger partial charge on any atom is 0.405 e. The number of hydrogen-bond acceptors (Lipinski definition) is 3. The van der Waals surface area contributed by atoms with Gasteiger partial charge in [0.2, 0.25) is 0 Å². The first-order chi connectivity index (χ1) is 8.87. The predicted octanol–water partition coefficient (Wildman–Crippen LogP) is 2.49. The Bertz CT molecular complexity index is 378. The van der Waals surface area contributed by atoms with Crippen LogP contribution in [0.25, 0.3) is 0 Å². The van der Waals surface area contributed by atoms with Crippen LogP contribution >= 0.6 is 0 Å². The van der Waals surface area contributed by atoms with Gasteiger partial charge in [-0.25, -0.2) is 0 Å². The maximum absolute atomic E-state index is 12.4. The van der Waals surface area contributed by atoms with Gasteiger partial charge in [-0.2, -0.15) is 13.2 Å². The molecule has 0 heterocycles. The van der Waals surface area contributed by atoms with Crippen LogP contribution in [0.5, 0.6) is 0 Å². The summed E-state index contributed by atoms with van der Waals surface area (Å²) in [4.78, 5) is 1.06. The van der Waals surface area contributed by atoms with Crippen molar-refractivity contribution >= 4 is 5.69 Å². The molecule has 1 atom stereocenters. The number of rotatable bonds is 6. The number of hydrogen-bond donors (Lipinski definition) is 2. The SMILES string of the molecule is CC[C@H](O)c1ccc(N(CCO)CC(F)(F)F)cc1. The third-order valence-electron chi connectivity index (χ3n) is 2.77. The molecule has 1 aromatic rings. The van der Waals surface area contributed by atoms with Gasteiger partial charge in [0, 0.05) is 12.2 Å². The van der Waals surface area contributed by atoms with Crippen LogP contribution in [0.3, 0.4) is 0 Å². The number of benzene rings is 1. The van der Waals surface area contributed by atoms with Crippen LogP contribution in [0.1, 0.15) is 25.0 Å². The van der Waals surface area contributed by atoms with Gasteiger partial charge in [-0.1, -0.05) is 19.1 Å². The highest BCUT2D eigenvalue weighted by atomic mass is 19.4. The van der Waals surface area contributed by atoms with Crippen LogP contribution < -0.4 is 4.90 Å². The van der Waals surface area contributed by atoms with E-state index in [1.807, 2.05) is 6.92 Å². The second-order valence-electron chi connectivity index (χ2n) is 4.28. The highest BCUT2D eigenvalue weighted by Crippen LogP contribution is 2.24. The molecule has 0 unspecified atom stereocenters. The third kappa shape index (κ3) is 5.08. The van der Waals surface area contributed by atoms with Gasteiger partial charge >= 0.3 is 6.18 Å². The summed E-state index contributed by atoms with van der Waals surface area (Å²) in [6.45, 7) is 0.272. The van der Waals surface area contributed by atoms with E-state index in [0.717, 1.165) is 4.90 Å². The lowest BCUT2D eigenvalue weighted by Crippen LogP contribution is -2.36. The molecular weight excluding hydrogens is 259 g/mol. The van der Waals surface area contributed by atoms with Crippen molar-refractivity contribution in [3.63, 3.8) is 0 Å². The standard InChI is InChI=1S/C13H18F3NO2/c1-2-12(19)10-3-5-11(6-4-10)17(7-8-18)9-13(14,15)16/h3-6,12,18-19H,2,7-9H2,1H3/t12-/m0/s1. The first kappa shape index (κ1) is 15.8. The van der Waals surface area contributed by atoms with E-state index in [0.29, 0.717) is 17.7 Å². The van der Waals surface area contributed by atoms with Crippen molar-refractivity contribution in [1.29, 1.82) is 0 Å². The number of halogens is 3. The van der Waals surface area contributed by atoms with Crippen molar-refractivity contribution < 1.29 is 23.4 Å². The Balaban J connectivity index is 2.85. The van der Waals surface area contributed by atoms with Crippen molar-refractivity contribution in [2.45, 2.75) is 25.6 Å². The lowest BCUT2D eigenvalue weighted by atomic mass is 10.1. The fourth-order valence-corrected chi connectivity index (χ4v) is 1.78. The summed E-state index contributed by atoms with van der Waals surface area (Å²) in [5, 5.41) is 18.4. The molecule has 0 spiro atoms. The summed E-state index contributed by atoms with van der Waals surface area (Å²) in [7, 11) is 0. The lowest BCUT2D eigenvalue weighted by Gasteiger charge is -2.25. The molecule has 0 aliphatic heterocycles. The average molecular weight is 277 g/mol. The molecule has 0 radical (unpaired) electrons. The first-order valence-electron chi connectivity index (χ1n) is 6.08. The zero-order valence-corrected chi connectivity index (χ0v) is 10.7. The van der Waals surface area contributed by atoms with Gasteiger partial charge in [-0.15, -0.1) is 0 Å². The molecule has 1 aromatic carbocycles. The summed E-state index contributed by atoms with van der Waals surface area (Å²) in [6, 6.07) is 6.25. The fourth-order valence-electron chi connectivity index (χ4n) is 1.78. The van der Waals surface area contributed by atoms with Gasteiger partial charge in [0.25, 0.3) is 0 Å². The molecule has 0 aromatic heterocycles. The molecule has 0 saturated carbocycles. The Morgan fingerprint density at radius 3 is 2.21 bits per heavy atom. The van der Waals surface area contributed by atoms with Crippen molar-refractivity contribution in [2.24, 2.45) is 0 Å². The van der Waals surface area contributed by atoms with E-state index >= 15 is 0 Å². The molecule has 0 bridgehead atoms. The van der Waals surface area contributed by atoms with Crippen LogP contribution in [0, 0.1) is 0 Å². The van der Waals surface area contributed by atoms with E-state index in [2.05, 4.69) is 0 Å². The van der Waals surface area contributed by atoms with Crippen LogP contribution in [-0.2, 0) is 0 Å². The van der Waals surface area contributed by atoms with Gasteiger partial charge in [0.1, 0.15) is 6.54 Å². The summed E-state index contributed by atoms with van der Waals surface area (Å²) in [5.41, 5.74) is 1.04. The topological polar surface area (TPSA) is 43.7 Å². The van der Waals surface area contributed by atoms with Crippen LogP contribution in [0.2, 0.25) is 0 Å². The van der Waals surface area contributed by atoms with Crippen LogP contribution in [0.15, 0.2) is 24.3 Å². The smallest absolute Gasteiger partial charge is 0.395 e. The molecule has 0 aliphatic carbocycles. The summed E-state index contributed by atoms with van der Waals surface area (Å²) >= 11 is 0. The molecule has 2 N–H and O–H groups in total. The monoisotopic (exact) mass is 277 g/mol. The zero-order chi connectivity index (χ0) is 14.5. The van der Waals surface area contributed by atoms with Crippen molar-refractivity contribution in [3.8, 4) is 0 Å². The van der Waals surface area contributed by atoms with Gasteiger partial charge < -0.3 is 15.1 Å². The van der Waals surface area contributed by atoms with Gasteiger partial charge in [-0.05, 0) is 24.1 Å². The molecule has 6 heteroatoms. The molecule has 0 aliphatic rings. The molecule has 0 fully saturated rings. The molecule has 108 valence electrons. The minimum Gasteiger partial charge on any atom is -0.395 e. The Morgan fingerprint density at radius 2 is 1.79 bits per heavy atom. The van der Waals surface area contributed by atoms with Crippen molar-refractivity contribution in [3.05, 3.63) is 29.8 Å². The largest absolute Gasteiger partial charge is 0.405 e. The Labute approximate surface area is 110 Å². The lowest BCUT2D eigenvalue weighted by molar-refractivity contribution is -0.119. The summed E-state index contributed by atoms with van der Waals surface area (Å²) < 4.78 is 37.2. The molecule has 0 saturated heterocycles. The van der Waals surface area contributed by atoms with E-state index in [1.54, 1.807) is 12.1 Å². The number of anilines is 1. The van der Waals surface area contributed by atoms with Crippen LogP contribution in [0.4, 0.5) is 18.9 Å². The minimum atomic E-state index is -4.32. The summed E-state index contributed by atoms with van der Waals surface area (Å²) in [5.74, 6) is 0.